The first kappa shape index (κ1) is 19.9. The minimum atomic E-state index is -0.834. The molecule has 3 aromatic rings. The maximum atomic E-state index is 13.5. The van der Waals surface area contributed by atoms with E-state index in [2.05, 4.69) is 33.7 Å². The van der Waals surface area contributed by atoms with Gasteiger partial charge in [0.05, 0.1) is 11.4 Å². The van der Waals surface area contributed by atoms with Gasteiger partial charge in [0.1, 0.15) is 5.82 Å². The Balaban J connectivity index is 1.78. The lowest BCUT2D eigenvalue weighted by Crippen LogP contribution is -2.31. The number of H-pyrrole nitrogens is 1. The van der Waals surface area contributed by atoms with Crippen LogP contribution in [0.15, 0.2) is 53.5 Å². The fraction of sp³-hybridized carbons (Fsp3) is 0.318. The molecule has 0 aliphatic carbocycles. The summed E-state index contributed by atoms with van der Waals surface area (Å²) in [5, 5.41) is 0. The number of hydrogen-bond acceptors (Lipinski definition) is 4. The molecule has 1 atom stereocenters. The van der Waals surface area contributed by atoms with Gasteiger partial charge in [-0.15, -0.1) is 0 Å². The summed E-state index contributed by atoms with van der Waals surface area (Å²) in [6.45, 7) is 7.46. The van der Waals surface area contributed by atoms with Crippen molar-refractivity contribution in [1.82, 2.24) is 19.9 Å². The molecule has 0 radical (unpaired) electrons. The van der Waals surface area contributed by atoms with Gasteiger partial charge >= 0.3 is 0 Å². The Labute approximate surface area is 164 Å². The third-order valence-electron chi connectivity index (χ3n) is 4.95. The normalized spacial score (nSPS) is 12.3. The maximum absolute atomic E-state index is 13.5. The fourth-order valence-corrected chi connectivity index (χ4v) is 3.04. The summed E-state index contributed by atoms with van der Waals surface area (Å²) >= 11 is 0. The summed E-state index contributed by atoms with van der Waals surface area (Å²) < 4.78 is 13.5. The first-order chi connectivity index (χ1) is 13.5. The van der Waals surface area contributed by atoms with Gasteiger partial charge in [0.15, 0.2) is 0 Å². The van der Waals surface area contributed by atoms with Crippen LogP contribution in [0.3, 0.4) is 0 Å². The molecule has 0 amide bonds. The van der Waals surface area contributed by atoms with Crippen molar-refractivity contribution in [3.05, 3.63) is 81.8 Å². The van der Waals surface area contributed by atoms with Crippen molar-refractivity contribution in [1.29, 1.82) is 0 Å². The number of rotatable bonds is 7. The molecule has 1 N–H and O–H groups in total. The van der Waals surface area contributed by atoms with Crippen molar-refractivity contribution in [3.63, 3.8) is 0 Å². The van der Waals surface area contributed by atoms with Crippen LogP contribution >= 0.6 is 0 Å². The van der Waals surface area contributed by atoms with E-state index < -0.39 is 11.4 Å². The van der Waals surface area contributed by atoms with E-state index in [-0.39, 0.29) is 5.69 Å². The van der Waals surface area contributed by atoms with E-state index in [0.29, 0.717) is 11.9 Å². The zero-order valence-electron chi connectivity index (χ0n) is 16.4. The van der Waals surface area contributed by atoms with E-state index in [0.717, 1.165) is 36.3 Å². The maximum Gasteiger partial charge on any atom is 0.287 e. The van der Waals surface area contributed by atoms with Crippen molar-refractivity contribution in [2.75, 3.05) is 0 Å². The lowest BCUT2D eigenvalue weighted by molar-refractivity contribution is 0.184. The summed E-state index contributed by atoms with van der Waals surface area (Å²) in [6, 6.07) is 14.2. The highest BCUT2D eigenvalue weighted by molar-refractivity contribution is 5.55. The van der Waals surface area contributed by atoms with Gasteiger partial charge in [-0.3, -0.25) is 14.7 Å². The molecule has 0 bridgehead atoms. The molecule has 6 heteroatoms. The molecule has 2 aromatic heterocycles. The van der Waals surface area contributed by atoms with E-state index in [9.17, 15) is 9.18 Å². The number of aromatic amines is 1. The molecule has 3 rings (SSSR count). The Hall–Kier alpha value is -2.86. The second kappa shape index (κ2) is 8.89. The number of aryl methyl sites for hydroxylation is 1. The number of nitrogens with zero attached hydrogens (tertiary/aromatic N) is 3. The Morgan fingerprint density at radius 2 is 1.89 bits per heavy atom. The van der Waals surface area contributed by atoms with Crippen LogP contribution in [0, 0.1) is 12.7 Å². The van der Waals surface area contributed by atoms with Gasteiger partial charge in [0, 0.05) is 30.9 Å². The molecule has 0 aliphatic rings. The predicted octanol–water partition coefficient (Wildman–Crippen LogP) is 4.08. The standard InChI is InChI=1S/C22H25FN4O/c1-4-15(2)27(14-19-7-5-6-12-24-19)13-17-8-10-18(11-9-17)21-25-16(3)20(23)22(28)26-21/h5-12,15H,4,13-14H2,1-3H3,(H,25,26,28). The third-order valence-corrected chi connectivity index (χ3v) is 4.95. The molecule has 0 saturated heterocycles. The van der Waals surface area contributed by atoms with Crippen molar-refractivity contribution in [2.45, 2.75) is 46.3 Å². The second-order valence-corrected chi connectivity index (χ2v) is 6.99. The zero-order valence-corrected chi connectivity index (χ0v) is 16.4. The van der Waals surface area contributed by atoms with Gasteiger partial charge < -0.3 is 4.98 Å². The van der Waals surface area contributed by atoms with Crippen molar-refractivity contribution >= 4 is 0 Å². The molecule has 0 aliphatic heterocycles. The average molecular weight is 380 g/mol. The summed E-state index contributed by atoms with van der Waals surface area (Å²) in [5.74, 6) is -0.457. The number of pyridine rings is 1. The monoisotopic (exact) mass is 380 g/mol. The largest absolute Gasteiger partial charge is 0.304 e. The Morgan fingerprint density at radius 1 is 1.14 bits per heavy atom. The Kier molecular flexibility index (Phi) is 6.31. The molecule has 146 valence electrons. The van der Waals surface area contributed by atoms with Gasteiger partial charge in [0.25, 0.3) is 5.56 Å². The number of benzene rings is 1. The van der Waals surface area contributed by atoms with Crippen LogP contribution < -0.4 is 5.56 Å². The van der Waals surface area contributed by atoms with Crippen LogP contribution in [-0.4, -0.2) is 25.9 Å². The minimum Gasteiger partial charge on any atom is -0.304 e. The summed E-state index contributed by atoms with van der Waals surface area (Å²) in [7, 11) is 0. The SMILES string of the molecule is CCC(C)N(Cc1ccc(-c2nc(C)c(F)c(=O)[nH]2)cc1)Cc1ccccn1. The highest BCUT2D eigenvalue weighted by Gasteiger charge is 2.14. The van der Waals surface area contributed by atoms with Crippen LogP contribution in [0.1, 0.15) is 37.2 Å². The van der Waals surface area contributed by atoms with Crippen LogP contribution in [0.5, 0.6) is 0 Å². The highest BCUT2D eigenvalue weighted by atomic mass is 19.1. The minimum absolute atomic E-state index is 0.0983. The summed E-state index contributed by atoms with van der Waals surface area (Å²) in [5.41, 5.74) is 2.30. The quantitative estimate of drug-likeness (QED) is 0.671. The number of nitrogens with one attached hydrogen (secondary N) is 1. The van der Waals surface area contributed by atoms with Crippen LogP contribution in [-0.2, 0) is 13.1 Å². The first-order valence-corrected chi connectivity index (χ1v) is 9.47. The molecule has 2 heterocycles. The third kappa shape index (κ3) is 4.70. The second-order valence-electron chi connectivity index (χ2n) is 6.99. The Bertz CT molecular complexity index is 970. The molecular weight excluding hydrogens is 355 g/mol. The molecular formula is C22H25FN4O. The smallest absolute Gasteiger partial charge is 0.287 e. The average Bonchev–Trinajstić information content (AvgIpc) is 2.72. The van der Waals surface area contributed by atoms with Gasteiger partial charge in [-0.05, 0) is 38.0 Å². The number of hydrogen-bond donors (Lipinski definition) is 1. The van der Waals surface area contributed by atoms with Crippen LogP contribution in [0.2, 0.25) is 0 Å². The van der Waals surface area contributed by atoms with Crippen molar-refractivity contribution < 1.29 is 4.39 Å². The molecule has 5 nitrogen and oxygen atoms in total. The molecule has 0 saturated carbocycles. The van der Waals surface area contributed by atoms with E-state index in [1.165, 1.54) is 6.92 Å². The lowest BCUT2D eigenvalue weighted by atomic mass is 10.1. The van der Waals surface area contributed by atoms with Gasteiger partial charge in [-0.2, -0.15) is 4.39 Å². The van der Waals surface area contributed by atoms with Gasteiger partial charge in [-0.25, -0.2) is 4.98 Å². The highest BCUT2D eigenvalue weighted by Crippen LogP contribution is 2.18. The van der Waals surface area contributed by atoms with Crippen LogP contribution in [0.25, 0.3) is 11.4 Å². The van der Waals surface area contributed by atoms with E-state index in [1.54, 1.807) is 0 Å². The number of halogens is 1. The predicted molar refractivity (Wildman–Crippen MR) is 108 cm³/mol. The summed E-state index contributed by atoms with van der Waals surface area (Å²) in [4.78, 5) is 25.1. The van der Waals surface area contributed by atoms with Crippen molar-refractivity contribution in [3.8, 4) is 11.4 Å². The molecule has 1 unspecified atom stereocenters. The fourth-order valence-electron chi connectivity index (χ4n) is 3.04. The topological polar surface area (TPSA) is 61.9 Å². The lowest BCUT2D eigenvalue weighted by Gasteiger charge is -2.28. The van der Waals surface area contributed by atoms with E-state index in [4.69, 9.17) is 0 Å². The van der Waals surface area contributed by atoms with Crippen molar-refractivity contribution in [2.24, 2.45) is 0 Å². The molecule has 0 fully saturated rings. The van der Waals surface area contributed by atoms with Gasteiger partial charge in [0.2, 0.25) is 5.82 Å². The molecule has 1 aromatic carbocycles. The Morgan fingerprint density at radius 3 is 2.50 bits per heavy atom. The summed E-state index contributed by atoms with van der Waals surface area (Å²) in [6.07, 6.45) is 2.86. The van der Waals surface area contributed by atoms with E-state index >= 15 is 0 Å². The molecule has 28 heavy (non-hydrogen) atoms. The zero-order chi connectivity index (χ0) is 20.1. The van der Waals surface area contributed by atoms with Crippen LogP contribution in [0.4, 0.5) is 4.39 Å². The molecule has 0 spiro atoms. The van der Waals surface area contributed by atoms with E-state index in [1.807, 2.05) is 48.7 Å². The number of aromatic nitrogens is 3. The first-order valence-electron chi connectivity index (χ1n) is 9.47. The van der Waals surface area contributed by atoms with Gasteiger partial charge in [-0.1, -0.05) is 37.3 Å².